The van der Waals surface area contributed by atoms with E-state index in [-0.39, 0.29) is 13.0 Å². The molecule has 0 bridgehead atoms. The number of amides is 1. The summed E-state index contributed by atoms with van der Waals surface area (Å²) in [5.74, 6) is 0.586. The van der Waals surface area contributed by atoms with Gasteiger partial charge < -0.3 is 29.0 Å². The maximum atomic E-state index is 12.3. The SMILES string of the molecule is C=COC(=O)C(Cc1cc(OC)c(OC)c(OC)c1)NC(=O)OCc1ccccc1. The third-order valence-corrected chi connectivity index (χ3v) is 4.15. The van der Waals surface area contributed by atoms with E-state index in [0.29, 0.717) is 22.8 Å². The molecule has 160 valence electrons. The number of esters is 1. The highest BCUT2D eigenvalue weighted by atomic mass is 16.6. The van der Waals surface area contributed by atoms with Gasteiger partial charge in [0.05, 0.1) is 27.6 Å². The average molecular weight is 415 g/mol. The maximum absolute atomic E-state index is 12.3. The molecule has 2 aromatic rings. The number of carbonyl (C=O) groups is 2. The topological polar surface area (TPSA) is 92.3 Å². The molecule has 0 fully saturated rings. The van der Waals surface area contributed by atoms with Gasteiger partial charge in [-0.1, -0.05) is 36.9 Å². The van der Waals surface area contributed by atoms with Crippen molar-refractivity contribution in [2.45, 2.75) is 19.1 Å². The molecule has 8 heteroatoms. The summed E-state index contributed by atoms with van der Waals surface area (Å²) in [4.78, 5) is 24.6. The van der Waals surface area contributed by atoms with Crippen LogP contribution in [0.5, 0.6) is 17.2 Å². The van der Waals surface area contributed by atoms with Crippen molar-refractivity contribution in [2.24, 2.45) is 0 Å². The molecule has 1 unspecified atom stereocenters. The van der Waals surface area contributed by atoms with Gasteiger partial charge in [-0.05, 0) is 23.3 Å². The first kappa shape index (κ1) is 22.6. The molecule has 1 amide bonds. The van der Waals surface area contributed by atoms with Gasteiger partial charge in [0.2, 0.25) is 5.75 Å². The number of methoxy groups -OCH3 is 3. The Labute approximate surface area is 175 Å². The molecular formula is C22H25NO7. The molecule has 0 saturated heterocycles. The predicted octanol–water partition coefficient (Wildman–Crippen LogP) is 3.24. The molecule has 0 heterocycles. The Morgan fingerprint density at radius 3 is 2.17 bits per heavy atom. The van der Waals surface area contributed by atoms with Crippen molar-refractivity contribution < 1.29 is 33.3 Å². The van der Waals surface area contributed by atoms with Gasteiger partial charge in [0.25, 0.3) is 0 Å². The summed E-state index contributed by atoms with van der Waals surface area (Å²) in [6.07, 6.45) is 0.350. The Kier molecular flexibility index (Phi) is 8.56. The number of hydrogen-bond donors (Lipinski definition) is 1. The van der Waals surface area contributed by atoms with Crippen LogP contribution in [0.2, 0.25) is 0 Å². The fourth-order valence-corrected chi connectivity index (χ4v) is 2.75. The number of rotatable bonds is 10. The maximum Gasteiger partial charge on any atom is 0.408 e. The Hall–Kier alpha value is -3.68. The van der Waals surface area contributed by atoms with E-state index in [9.17, 15) is 9.59 Å². The molecule has 2 rings (SSSR count). The second kappa shape index (κ2) is 11.4. The molecule has 1 N–H and O–H groups in total. The van der Waals surface area contributed by atoms with E-state index >= 15 is 0 Å². The van der Waals surface area contributed by atoms with Crippen LogP contribution >= 0.6 is 0 Å². The first-order chi connectivity index (χ1) is 14.5. The highest BCUT2D eigenvalue weighted by Gasteiger charge is 2.25. The normalized spacial score (nSPS) is 11.0. The summed E-state index contributed by atoms with van der Waals surface area (Å²) in [6.45, 7) is 3.45. The summed E-state index contributed by atoms with van der Waals surface area (Å²) in [5, 5.41) is 2.53. The predicted molar refractivity (Wildman–Crippen MR) is 110 cm³/mol. The summed E-state index contributed by atoms with van der Waals surface area (Å²) in [6, 6.07) is 11.5. The Bertz CT molecular complexity index is 842. The molecular weight excluding hydrogens is 390 g/mol. The summed E-state index contributed by atoms with van der Waals surface area (Å²) < 4.78 is 26.0. The molecule has 0 spiro atoms. The molecule has 0 aliphatic carbocycles. The van der Waals surface area contributed by atoms with Gasteiger partial charge >= 0.3 is 12.1 Å². The minimum Gasteiger partial charge on any atom is -0.493 e. The lowest BCUT2D eigenvalue weighted by Gasteiger charge is -2.18. The van der Waals surface area contributed by atoms with Crippen molar-refractivity contribution in [3.63, 3.8) is 0 Å². The van der Waals surface area contributed by atoms with Gasteiger partial charge in [-0.15, -0.1) is 0 Å². The lowest BCUT2D eigenvalue weighted by Crippen LogP contribution is -2.43. The van der Waals surface area contributed by atoms with E-state index in [2.05, 4.69) is 11.9 Å². The van der Waals surface area contributed by atoms with Crippen LogP contribution in [0.15, 0.2) is 55.3 Å². The summed E-state index contributed by atoms with van der Waals surface area (Å²) >= 11 is 0. The van der Waals surface area contributed by atoms with Gasteiger partial charge in [-0.2, -0.15) is 0 Å². The van der Waals surface area contributed by atoms with E-state index in [1.165, 1.54) is 21.3 Å². The minimum absolute atomic E-state index is 0.0695. The number of nitrogens with one attached hydrogen (secondary N) is 1. The zero-order valence-electron chi connectivity index (χ0n) is 17.2. The number of ether oxygens (including phenoxy) is 5. The molecule has 0 saturated carbocycles. The quantitative estimate of drug-likeness (QED) is 0.470. The third kappa shape index (κ3) is 6.16. The fourth-order valence-electron chi connectivity index (χ4n) is 2.75. The molecule has 8 nitrogen and oxygen atoms in total. The lowest BCUT2D eigenvalue weighted by molar-refractivity contribution is -0.140. The number of alkyl carbamates (subject to hydrolysis) is 1. The van der Waals surface area contributed by atoms with Crippen molar-refractivity contribution in [3.05, 3.63) is 66.4 Å². The highest BCUT2D eigenvalue weighted by Crippen LogP contribution is 2.38. The van der Waals surface area contributed by atoms with Crippen molar-refractivity contribution in [1.29, 1.82) is 0 Å². The van der Waals surface area contributed by atoms with E-state index in [1.807, 2.05) is 30.3 Å². The van der Waals surface area contributed by atoms with Crippen LogP contribution in [0.1, 0.15) is 11.1 Å². The molecule has 1 atom stereocenters. The van der Waals surface area contributed by atoms with Crippen molar-refractivity contribution in [1.82, 2.24) is 5.32 Å². The van der Waals surface area contributed by atoms with Crippen LogP contribution in [0, 0.1) is 0 Å². The van der Waals surface area contributed by atoms with Crippen LogP contribution in [0.25, 0.3) is 0 Å². The van der Waals surface area contributed by atoms with Gasteiger partial charge in [-0.25, -0.2) is 9.59 Å². The van der Waals surface area contributed by atoms with E-state index in [4.69, 9.17) is 23.7 Å². The third-order valence-electron chi connectivity index (χ3n) is 4.15. The Balaban J connectivity index is 2.15. The average Bonchev–Trinajstić information content (AvgIpc) is 2.77. The molecule has 0 aromatic heterocycles. The van der Waals surface area contributed by atoms with Crippen LogP contribution in [0.4, 0.5) is 4.79 Å². The first-order valence-electron chi connectivity index (χ1n) is 9.09. The smallest absolute Gasteiger partial charge is 0.408 e. The van der Waals surface area contributed by atoms with Gasteiger partial charge in [0.1, 0.15) is 12.6 Å². The number of hydrogen-bond acceptors (Lipinski definition) is 7. The Morgan fingerprint density at radius 1 is 1.00 bits per heavy atom. The monoisotopic (exact) mass is 415 g/mol. The van der Waals surface area contributed by atoms with Gasteiger partial charge in [-0.3, -0.25) is 0 Å². The van der Waals surface area contributed by atoms with Crippen LogP contribution in [-0.2, 0) is 27.3 Å². The van der Waals surface area contributed by atoms with E-state index in [1.54, 1.807) is 12.1 Å². The van der Waals surface area contributed by atoms with E-state index in [0.717, 1.165) is 11.8 Å². The minimum atomic E-state index is -1.02. The first-order valence-corrected chi connectivity index (χ1v) is 9.09. The largest absolute Gasteiger partial charge is 0.493 e. The molecule has 30 heavy (non-hydrogen) atoms. The molecule has 0 aliphatic heterocycles. The van der Waals surface area contributed by atoms with Crippen molar-refractivity contribution >= 4 is 12.1 Å². The van der Waals surface area contributed by atoms with Crippen molar-refractivity contribution in [3.8, 4) is 17.2 Å². The van der Waals surface area contributed by atoms with Crippen LogP contribution < -0.4 is 19.5 Å². The standard InChI is InChI=1S/C22H25NO7/c1-5-29-21(24)17(23-22(25)30-14-15-9-7-6-8-10-15)11-16-12-18(26-2)20(28-4)19(13-16)27-3/h5-10,12-13,17H,1,11,14H2,2-4H3,(H,23,25). The highest BCUT2D eigenvalue weighted by molar-refractivity contribution is 5.82. The summed E-state index contributed by atoms with van der Waals surface area (Å²) in [7, 11) is 4.47. The van der Waals surface area contributed by atoms with Crippen LogP contribution in [0.3, 0.4) is 0 Å². The van der Waals surface area contributed by atoms with Crippen LogP contribution in [-0.4, -0.2) is 39.4 Å². The number of benzene rings is 2. The fraction of sp³-hybridized carbons (Fsp3) is 0.273. The lowest BCUT2D eigenvalue weighted by atomic mass is 10.0. The zero-order chi connectivity index (χ0) is 21.9. The van der Waals surface area contributed by atoms with Crippen molar-refractivity contribution in [2.75, 3.05) is 21.3 Å². The zero-order valence-corrected chi connectivity index (χ0v) is 17.2. The molecule has 2 aromatic carbocycles. The summed E-state index contributed by atoms with van der Waals surface area (Å²) in [5.41, 5.74) is 1.47. The molecule has 0 radical (unpaired) electrons. The second-order valence-electron chi connectivity index (χ2n) is 6.10. The molecule has 0 aliphatic rings. The van der Waals surface area contributed by atoms with Gasteiger partial charge in [0, 0.05) is 6.42 Å². The van der Waals surface area contributed by atoms with Gasteiger partial charge in [0.15, 0.2) is 11.5 Å². The van der Waals surface area contributed by atoms with E-state index < -0.39 is 18.1 Å². The Morgan fingerprint density at radius 2 is 1.63 bits per heavy atom. The number of carbonyl (C=O) groups excluding carboxylic acids is 2. The second-order valence-corrected chi connectivity index (χ2v) is 6.10.